The molecule has 0 aliphatic carbocycles. The molecule has 1 aliphatic heterocycles. The van der Waals surface area contributed by atoms with E-state index in [9.17, 15) is 9.65 Å². The van der Waals surface area contributed by atoms with Crippen molar-refractivity contribution < 1.29 is 4.39 Å². The van der Waals surface area contributed by atoms with Crippen molar-refractivity contribution in [3.05, 3.63) is 46.3 Å². The highest BCUT2D eigenvalue weighted by Crippen LogP contribution is 2.40. The number of benzene rings is 1. The fraction of sp³-hybridized carbons (Fsp3) is 0.0625. The second kappa shape index (κ2) is 6.27. The van der Waals surface area contributed by atoms with Gasteiger partial charge < -0.3 is 16.8 Å². The Balaban J connectivity index is 2.27. The summed E-state index contributed by atoms with van der Waals surface area (Å²) in [5, 5.41) is 32.3. The number of guanidine groups is 1. The summed E-state index contributed by atoms with van der Waals surface area (Å²) in [6.45, 7) is 0. The summed E-state index contributed by atoms with van der Waals surface area (Å²) in [5.74, 6) is -0.473. The molecule has 1 aliphatic rings. The molecule has 0 saturated carbocycles. The zero-order chi connectivity index (χ0) is 18.8. The van der Waals surface area contributed by atoms with Gasteiger partial charge in [-0.3, -0.25) is 5.32 Å². The number of nitrogen functional groups attached to an aromatic ring is 2. The number of hydrogen-bond donors (Lipinski definition) is 4. The average molecular weight is 347 g/mol. The number of pyridine rings is 1. The van der Waals surface area contributed by atoms with E-state index in [4.69, 9.17) is 22.0 Å². The van der Waals surface area contributed by atoms with Crippen LogP contribution < -0.4 is 22.1 Å². The SMILES string of the molecule is N#CNC1=NC(c2ccc(F)c(C#N)c2)c2c(nc(N)c(C#N)c2N)N1. The summed E-state index contributed by atoms with van der Waals surface area (Å²) in [7, 11) is 0. The van der Waals surface area contributed by atoms with E-state index in [1.54, 1.807) is 12.3 Å². The van der Waals surface area contributed by atoms with Gasteiger partial charge in [-0.2, -0.15) is 15.8 Å². The second-order valence-electron chi connectivity index (χ2n) is 5.25. The molecule has 10 heteroatoms. The minimum absolute atomic E-state index is 0.00920. The summed E-state index contributed by atoms with van der Waals surface area (Å²) >= 11 is 0. The van der Waals surface area contributed by atoms with Gasteiger partial charge in [-0.05, 0) is 17.7 Å². The van der Waals surface area contributed by atoms with Crippen molar-refractivity contribution in [3.8, 4) is 18.3 Å². The van der Waals surface area contributed by atoms with E-state index in [1.807, 2.05) is 6.07 Å². The van der Waals surface area contributed by atoms with Crippen LogP contribution in [0.15, 0.2) is 23.2 Å². The molecular formula is C16H10FN9. The third-order valence-electron chi connectivity index (χ3n) is 3.78. The number of rotatable bonds is 1. The number of anilines is 3. The van der Waals surface area contributed by atoms with Crippen molar-refractivity contribution in [2.75, 3.05) is 16.8 Å². The number of aliphatic imine (C=N–C) groups is 1. The molecule has 0 bridgehead atoms. The minimum Gasteiger partial charge on any atom is -0.397 e. The Morgan fingerprint density at radius 2 is 1.96 bits per heavy atom. The van der Waals surface area contributed by atoms with Crippen LogP contribution in [0.1, 0.15) is 28.3 Å². The minimum atomic E-state index is -0.824. The zero-order valence-electron chi connectivity index (χ0n) is 13.1. The lowest BCUT2D eigenvalue weighted by molar-refractivity contribution is 0.622. The molecule has 0 radical (unpaired) electrons. The normalized spacial score (nSPS) is 14.7. The number of nitrogens with two attached hydrogens (primary N) is 2. The molecule has 6 N–H and O–H groups in total. The highest BCUT2D eigenvalue weighted by atomic mass is 19.1. The fourth-order valence-electron chi connectivity index (χ4n) is 2.62. The Morgan fingerprint density at radius 3 is 2.62 bits per heavy atom. The first-order valence-electron chi connectivity index (χ1n) is 7.18. The molecule has 2 heterocycles. The van der Waals surface area contributed by atoms with Crippen molar-refractivity contribution >= 4 is 23.3 Å². The van der Waals surface area contributed by atoms with Gasteiger partial charge in [-0.15, -0.1) is 0 Å². The number of halogens is 1. The highest BCUT2D eigenvalue weighted by Gasteiger charge is 2.30. The van der Waals surface area contributed by atoms with E-state index >= 15 is 0 Å². The van der Waals surface area contributed by atoms with Gasteiger partial charge in [0.15, 0.2) is 6.19 Å². The topological polar surface area (TPSA) is 173 Å². The van der Waals surface area contributed by atoms with Crippen LogP contribution in [0.5, 0.6) is 0 Å². The lowest BCUT2D eigenvalue weighted by Gasteiger charge is -2.26. The molecule has 1 aromatic heterocycles. The highest BCUT2D eigenvalue weighted by molar-refractivity contribution is 5.98. The van der Waals surface area contributed by atoms with Crippen LogP contribution in [0.2, 0.25) is 0 Å². The molecule has 0 spiro atoms. The van der Waals surface area contributed by atoms with Gasteiger partial charge in [-0.25, -0.2) is 14.4 Å². The standard InChI is InChI=1S/C16H10FN9/c17-10-2-1-7(3-8(10)4-18)13-11-12(21)9(5-19)14(22)25-15(11)26-16(24-13)23-6-20/h1-3,13H,(H6,21,22,23,24,25,26). The first-order valence-corrected chi connectivity index (χ1v) is 7.18. The molecule has 9 nitrogen and oxygen atoms in total. The molecule has 3 rings (SSSR count). The largest absolute Gasteiger partial charge is 0.397 e. The summed E-state index contributed by atoms with van der Waals surface area (Å²) in [6, 6.07) is 6.71. The van der Waals surface area contributed by atoms with Gasteiger partial charge in [0.25, 0.3) is 0 Å². The van der Waals surface area contributed by atoms with E-state index in [1.165, 1.54) is 12.1 Å². The Kier molecular flexibility index (Phi) is 3.98. The maximum Gasteiger partial charge on any atom is 0.211 e. The van der Waals surface area contributed by atoms with E-state index in [-0.39, 0.29) is 34.4 Å². The second-order valence-corrected chi connectivity index (χ2v) is 5.25. The maximum atomic E-state index is 13.7. The van der Waals surface area contributed by atoms with Gasteiger partial charge >= 0.3 is 0 Å². The Labute approximate surface area is 147 Å². The summed E-state index contributed by atoms with van der Waals surface area (Å²) < 4.78 is 13.7. The van der Waals surface area contributed by atoms with E-state index in [0.717, 1.165) is 6.07 Å². The molecule has 0 fully saturated rings. The average Bonchev–Trinajstić information content (AvgIpc) is 2.62. The quantitative estimate of drug-likeness (QED) is 0.438. The van der Waals surface area contributed by atoms with Gasteiger partial charge in [-0.1, -0.05) is 6.07 Å². The Morgan fingerprint density at radius 1 is 1.19 bits per heavy atom. The van der Waals surface area contributed by atoms with Gasteiger partial charge in [0, 0.05) is 5.56 Å². The molecule has 1 unspecified atom stereocenters. The Hall–Kier alpha value is -4.36. The van der Waals surface area contributed by atoms with Gasteiger partial charge in [0.05, 0.1) is 11.3 Å². The van der Waals surface area contributed by atoms with Crippen LogP contribution in [0.4, 0.5) is 21.7 Å². The zero-order valence-corrected chi connectivity index (χ0v) is 13.1. The Bertz CT molecular complexity index is 1070. The molecule has 1 aromatic carbocycles. The molecule has 126 valence electrons. The lowest BCUT2D eigenvalue weighted by Crippen LogP contribution is -2.32. The van der Waals surface area contributed by atoms with Crippen molar-refractivity contribution in [2.45, 2.75) is 6.04 Å². The van der Waals surface area contributed by atoms with Crippen LogP contribution in [-0.4, -0.2) is 10.9 Å². The number of nitrogens with one attached hydrogen (secondary N) is 2. The van der Waals surface area contributed by atoms with Crippen LogP contribution >= 0.6 is 0 Å². The fourth-order valence-corrected chi connectivity index (χ4v) is 2.62. The number of nitrogens with zero attached hydrogens (tertiary/aromatic N) is 5. The van der Waals surface area contributed by atoms with Gasteiger partial charge in [0.1, 0.15) is 41.2 Å². The van der Waals surface area contributed by atoms with Crippen LogP contribution in [0, 0.1) is 39.9 Å². The molecule has 0 saturated heterocycles. The van der Waals surface area contributed by atoms with Gasteiger partial charge in [0.2, 0.25) is 5.96 Å². The van der Waals surface area contributed by atoms with Crippen molar-refractivity contribution in [1.29, 1.82) is 15.8 Å². The van der Waals surface area contributed by atoms with E-state index in [2.05, 4.69) is 20.6 Å². The predicted molar refractivity (Wildman–Crippen MR) is 90.5 cm³/mol. The summed E-state index contributed by atoms with van der Waals surface area (Å²) in [4.78, 5) is 8.43. The summed E-state index contributed by atoms with van der Waals surface area (Å²) in [6.07, 6.45) is 1.73. The molecule has 26 heavy (non-hydrogen) atoms. The van der Waals surface area contributed by atoms with Crippen LogP contribution in [-0.2, 0) is 0 Å². The first kappa shape index (κ1) is 16.5. The van der Waals surface area contributed by atoms with Crippen molar-refractivity contribution in [3.63, 3.8) is 0 Å². The van der Waals surface area contributed by atoms with Crippen molar-refractivity contribution in [1.82, 2.24) is 10.3 Å². The molecular weight excluding hydrogens is 337 g/mol. The third-order valence-corrected chi connectivity index (χ3v) is 3.78. The third kappa shape index (κ3) is 2.56. The van der Waals surface area contributed by atoms with Crippen molar-refractivity contribution in [2.24, 2.45) is 4.99 Å². The molecule has 0 amide bonds. The first-order chi connectivity index (χ1) is 12.5. The van der Waals surface area contributed by atoms with Crippen LogP contribution in [0.25, 0.3) is 0 Å². The van der Waals surface area contributed by atoms with E-state index in [0.29, 0.717) is 11.1 Å². The monoisotopic (exact) mass is 347 g/mol. The number of hydrogen-bond acceptors (Lipinski definition) is 9. The molecule has 2 aromatic rings. The number of fused-ring (bicyclic) bond motifs is 1. The lowest BCUT2D eigenvalue weighted by atomic mass is 9.94. The van der Waals surface area contributed by atoms with E-state index < -0.39 is 11.9 Å². The predicted octanol–water partition coefficient (Wildman–Crippen LogP) is 1.07. The summed E-state index contributed by atoms with van der Waals surface area (Å²) in [5.41, 5.74) is 12.5. The van der Waals surface area contributed by atoms with Crippen LogP contribution in [0.3, 0.4) is 0 Å². The number of nitriles is 3. The molecule has 1 atom stereocenters. The number of aromatic nitrogens is 1. The maximum absolute atomic E-state index is 13.7. The smallest absolute Gasteiger partial charge is 0.211 e.